The van der Waals surface area contributed by atoms with Crippen molar-refractivity contribution in [3.8, 4) is 0 Å². The van der Waals surface area contributed by atoms with Crippen LogP contribution in [0.25, 0.3) is 0 Å². The fourth-order valence-electron chi connectivity index (χ4n) is 3.06. The summed E-state index contributed by atoms with van der Waals surface area (Å²) in [4.78, 5) is 22.0. The molecule has 0 aliphatic heterocycles. The van der Waals surface area contributed by atoms with E-state index in [1.54, 1.807) is 0 Å². The summed E-state index contributed by atoms with van der Waals surface area (Å²) < 4.78 is 13.3. The summed E-state index contributed by atoms with van der Waals surface area (Å²) in [6.45, 7) is 1.96. The van der Waals surface area contributed by atoms with Crippen molar-refractivity contribution >= 4 is 11.7 Å². The molecule has 2 rings (SSSR count). The highest BCUT2D eigenvalue weighted by molar-refractivity contribution is 5.76. The van der Waals surface area contributed by atoms with Crippen LogP contribution in [0, 0.1) is 27.3 Å². The van der Waals surface area contributed by atoms with E-state index < -0.39 is 22.1 Å². The van der Waals surface area contributed by atoms with E-state index in [1.165, 1.54) is 0 Å². The van der Waals surface area contributed by atoms with Crippen molar-refractivity contribution in [3.05, 3.63) is 39.7 Å². The molecule has 1 aromatic carbocycles. The van der Waals surface area contributed by atoms with Gasteiger partial charge in [0.25, 0.3) is 5.69 Å². The second-order valence-electron chi connectivity index (χ2n) is 5.64. The number of hydrogen-bond donors (Lipinski definition) is 1. The van der Waals surface area contributed by atoms with Gasteiger partial charge in [0.1, 0.15) is 5.82 Å². The molecular weight excluding hydrogens is 265 g/mol. The van der Waals surface area contributed by atoms with Gasteiger partial charge in [0.05, 0.1) is 10.3 Å². The Balaban J connectivity index is 2.39. The van der Waals surface area contributed by atoms with E-state index in [0.717, 1.165) is 24.6 Å². The van der Waals surface area contributed by atoms with Gasteiger partial charge in [-0.1, -0.05) is 6.92 Å². The van der Waals surface area contributed by atoms with E-state index in [0.29, 0.717) is 12.8 Å². The maximum absolute atomic E-state index is 13.3. The zero-order valence-corrected chi connectivity index (χ0v) is 11.1. The number of carboxylic acids is 1. The summed E-state index contributed by atoms with van der Waals surface area (Å²) in [6.07, 6.45) is 1.71. The van der Waals surface area contributed by atoms with Crippen LogP contribution in [-0.2, 0) is 11.2 Å². The Labute approximate surface area is 115 Å². The van der Waals surface area contributed by atoms with Crippen LogP contribution < -0.4 is 0 Å². The molecule has 0 saturated heterocycles. The molecular formula is C14H16FNO4. The zero-order chi connectivity index (χ0) is 14.9. The van der Waals surface area contributed by atoms with Gasteiger partial charge in [-0.3, -0.25) is 14.9 Å². The summed E-state index contributed by atoms with van der Waals surface area (Å²) in [5.41, 5.74) is -1.07. The van der Waals surface area contributed by atoms with E-state index >= 15 is 0 Å². The molecule has 0 spiro atoms. The van der Waals surface area contributed by atoms with Crippen molar-refractivity contribution in [3.63, 3.8) is 0 Å². The first-order chi connectivity index (χ1) is 9.34. The first-order valence-electron chi connectivity index (χ1n) is 6.50. The fraction of sp³-hybridized carbons (Fsp3) is 0.500. The molecule has 0 heterocycles. The standard InChI is InChI=1S/C14H16FNO4/c1-9-4-5-14(7-9,13(17)18)8-10-6-11(15)2-3-12(10)16(19)20/h2-3,6,9H,4-5,7-8H2,1H3,(H,17,18). The lowest BCUT2D eigenvalue weighted by Crippen LogP contribution is -2.31. The van der Waals surface area contributed by atoms with Gasteiger partial charge in [0.15, 0.2) is 0 Å². The minimum atomic E-state index is -1.02. The van der Waals surface area contributed by atoms with Gasteiger partial charge in [0, 0.05) is 11.6 Å². The van der Waals surface area contributed by atoms with E-state index in [4.69, 9.17) is 0 Å². The highest BCUT2D eigenvalue weighted by atomic mass is 19.1. The summed E-state index contributed by atoms with van der Waals surface area (Å²) in [7, 11) is 0. The van der Waals surface area contributed by atoms with Gasteiger partial charge in [-0.05, 0) is 43.7 Å². The number of halogens is 1. The number of nitro groups is 1. The SMILES string of the molecule is CC1CCC(Cc2cc(F)ccc2[N+](=O)[O-])(C(=O)O)C1. The average Bonchev–Trinajstić information content (AvgIpc) is 2.71. The van der Waals surface area contributed by atoms with Gasteiger partial charge >= 0.3 is 5.97 Å². The second kappa shape index (κ2) is 5.19. The predicted octanol–water partition coefficient (Wildman–Crippen LogP) is 3.17. The van der Waals surface area contributed by atoms with Crippen LogP contribution in [0.15, 0.2) is 18.2 Å². The summed E-state index contributed by atoms with van der Waals surface area (Å²) >= 11 is 0. The van der Waals surface area contributed by atoms with E-state index in [1.807, 2.05) is 6.92 Å². The van der Waals surface area contributed by atoms with Crippen LogP contribution in [-0.4, -0.2) is 16.0 Å². The largest absolute Gasteiger partial charge is 0.481 e. The maximum Gasteiger partial charge on any atom is 0.309 e. The molecule has 0 radical (unpaired) electrons. The lowest BCUT2D eigenvalue weighted by Gasteiger charge is -2.24. The van der Waals surface area contributed by atoms with Gasteiger partial charge in [-0.15, -0.1) is 0 Å². The van der Waals surface area contributed by atoms with Gasteiger partial charge in [-0.2, -0.15) is 0 Å². The number of hydrogen-bond acceptors (Lipinski definition) is 3. The number of carboxylic acid groups (broad SMARTS) is 1. The Morgan fingerprint density at radius 2 is 2.30 bits per heavy atom. The van der Waals surface area contributed by atoms with Crippen LogP contribution in [0.5, 0.6) is 0 Å². The van der Waals surface area contributed by atoms with Crippen LogP contribution in [0.2, 0.25) is 0 Å². The Hall–Kier alpha value is -1.98. The van der Waals surface area contributed by atoms with Crippen molar-refractivity contribution in [1.82, 2.24) is 0 Å². The molecule has 1 aliphatic carbocycles. The average molecular weight is 281 g/mol. The maximum atomic E-state index is 13.3. The number of nitrogens with zero attached hydrogens (tertiary/aromatic N) is 1. The zero-order valence-electron chi connectivity index (χ0n) is 11.1. The molecule has 5 nitrogen and oxygen atoms in total. The molecule has 1 aromatic rings. The fourth-order valence-corrected chi connectivity index (χ4v) is 3.06. The smallest absolute Gasteiger partial charge is 0.309 e. The molecule has 108 valence electrons. The number of carbonyl (C=O) groups is 1. The van der Waals surface area contributed by atoms with Crippen LogP contribution in [0.3, 0.4) is 0 Å². The summed E-state index contributed by atoms with van der Waals surface area (Å²) in [6, 6.07) is 3.19. The number of nitro benzene ring substituents is 1. The van der Waals surface area contributed by atoms with E-state index in [2.05, 4.69) is 0 Å². The first kappa shape index (κ1) is 14.4. The van der Waals surface area contributed by atoms with Crippen LogP contribution >= 0.6 is 0 Å². The van der Waals surface area contributed by atoms with Crippen molar-refractivity contribution < 1.29 is 19.2 Å². The molecule has 2 atom stereocenters. The summed E-state index contributed by atoms with van der Waals surface area (Å²) in [5.74, 6) is -1.28. The van der Waals surface area contributed by atoms with Crippen molar-refractivity contribution in [2.24, 2.45) is 11.3 Å². The minimum Gasteiger partial charge on any atom is -0.481 e. The molecule has 0 amide bonds. The van der Waals surface area contributed by atoms with Crippen LogP contribution in [0.1, 0.15) is 31.7 Å². The lowest BCUT2D eigenvalue weighted by atomic mass is 9.79. The molecule has 1 N–H and O–H groups in total. The molecule has 20 heavy (non-hydrogen) atoms. The molecule has 0 aromatic heterocycles. The molecule has 6 heteroatoms. The minimum absolute atomic E-state index is 0.000741. The van der Waals surface area contributed by atoms with Crippen LogP contribution in [0.4, 0.5) is 10.1 Å². The quantitative estimate of drug-likeness (QED) is 0.679. The second-order valence-corrected chi connectivity index (χ2v) is 5.64. The monoisotopic (exact) mass is 281 g/mol. The third kappa shape index (κ3) is 2.64. The third-order valence-corrected chi connectivity index (χ3v) is 4.08. The highest BCUT2D eigenvalue weighted by Crippen LogP contribution is 2.45. The Bertz CT molecular complexity index is 560. The highest BCUT2D eigenvalue weighted by Gasteiger charge is 2.45. The number of benzene rings is 1. The van der Waals surface area contributed by atoms with Crippen molar-refractivity contribution in [1.29, 1.82) is 0 Å². The summed E-state index contributed by atoms with van der Waals surface area (Å²) in [5, 5.41) is 20.5. The lowest BCUT2D eigenvalue weighted by molar-refractivity contribution is -0.385. The molecule has 1 saturated carbocycles. The topological polar surface area (TPSA) is 80.4 Å². The molecule has 1 aliphatic rings. The van der Waals surface area contributed by atoms with Gasteiger partial charge in [-0.25, -0.2) is 4.39 Å². The van der Waals surface area contributed by atoms with E-state index in [-0.39, 0.29) is 23.6 Å². The Kier molecular flexibility index (Phi) is 3.74. The Morgan fingerprint density at radius 1 is 1.60 bits per heavy atom. The van der Waals surface area contributed by atoms with E-state index in [9.17, 15) is 24.4 Å². The molecule has 1 fully saturated rings. The van der Waals surface area contributed by atoms with Crippen molar-refractivity contribution in [2.45, 2.75) is 32.6 Å². The normalized spacial score (nSPS) is 25.6. The predicted molar refractivity (Wildman–Crippen MR) is 69.8 cm³/mol. The van der Waals surface area contributed by atoms with Gasteiger partial charge < -0.3 is 5.11 Å². The van der Waals surface area contributed by atoms with Gasteiger partial charge in [0.2, 0.25) is 0 Å². The first-order valence-corrected chi connectivity index (χ1v) is 6.50. The van der Waals surface area contributed by atoms with Crippen molar-refractivity contribution in [2.75, 3.05) is 0 Å². The number of rotatable bonds is 4. The Morgan fingerprint density at radius 3 is 2.80 bits per heavy atom. The molecule has 2 unspecified atom stereocenters. The molecule has 0 bridgehead atoms. The number of aliphatic carboxylic acids is 1. The third-order valence-electron chi connectivity index (χ3n) is 4.08.